The highest BCUT2D eigenvalue weighted by atomic mass is 16.4. The van der Waals surface area contributed by atoms with Crippen LogP contribution in [-0.4, -0.2) is 59.5 Å². The lowest BCUT2D eigenvalue weighted by Gasteiger charge is -2.32. The molecule has 5 nitrogen and oxygen atoms in total. The third-order valence-electron chi connectivity index (χ3n) is 4.13. The van der Waals surface area contributed by atoms with Crippen LogP contribution >= 0.6 is 0 Å². The first kappa shape index (κ1) is 18.0. The van der Waals surface area contributed by atoms with Gasteiger partial charge in [0, 0.05) is 19.6 Å². The highest BCUT2D eigenvalue weighted by Crippen LogP contribution is 2.16. The van der Waals surface area contributed by atoms with E-state index in [-0.39, 0.29) is 11.8 Å². The Labute approximate surface area is 128 Å². The second-order valence-corrected chi connectivity index (χ2v) is 6.00. The normalized spacial score (nSPS) is 19.4. The lowest BCUT2D eigenvalue weighted by atomic mass is 9.98. The van der Waals surface area contributed by atoms with Gasteiger partial charge in [-0.15, -0.1) is 0 Å². The molecule has 1 atom stereocenters. The van der Waals surface area contributed by atoms with E-state index >= 15 is 0 Å². The van der Waals surface area contributed by atoms with Crippen LogP contribution in [0.15, 0.2) is 0 Å². The molecule has 1 aliphatic heterocycles. The van der Waals surface area contributed by atoms with Gasteiger partial charge in [-0.1, -0.05) is 26.7 Å². The molecule has 1 heterocycles. The summed E-state index contributed by atoms with van der Waals surface area (Å²) in [5, 5.41) is 9.11. The molecule has 1 N–H and O–H groups in total. The predicted octanol–water partition coefficient (Wildman–Crippen LogP) is 2.21. The fraction of sp³-hybridized carbons (Fsp3) is 0.875. The Bertz CT molecular complexity index is 325. The van der Waals surface area contributed by atoms with Crippen molar-refractivity contribution < 1.29 is 14.7 Å². The maximum Gasteiger partial charge on any atom is 0.307 e. The number of amides is 1. The van der Waals surface area contributed by atoms with Crippen LogP contribution in [0.1, 0.15) is 52.4 Å². The van der Waals surface area contributed by atoms with E-state index in [1.165, 1.54) is 0 Å². The first-order valence-corrected chi connectivity index (χ1v) is 8.31. The van der Waals surface area contributed by atoms with Crippen molar-refractivity contribution in [3.8, 4) is 0 Å². The molecule has 1 fully saturated rings. The zero-order chi connectivity index (χ0) is 15.7. The molecule has 1 rings (SSSR count). The van der Waals surface area contributed by atoms with Crippen molar-refractivity contribution in [3.63, 3.8) is 0 Å². The van der Waals surface area contributed by atoms with Crippen molar-refractivity contribution in [1.82, 2.24) is 9.80 Å². The molecule has 21 heavy (non-hydrogen) atoms. The van der Waals surface area contributed by atoms with Crippen LogP contribution < -0.4 is 0 Å². The molecular formula is C16H30N2O3. The average Bonchev–Trinajstić information content (AvgIpc) is 2.47. The fourth-order valence-electron chi connectivity index (χ4n) is 2.75. The first-order valence-electron chi connectivity index (χ1n) is 8.31. The summed E-state index contributed by atoms with van der Waals surface area (Å²) in [6.45, 7) is 7.63. The minimum absolute atomic E-state index is 0.155. The van der Waals surface area contributed by atoms with Crippen LogP contribution in [0.25, 0.3) is 0 Å². The highest BCUT2D eigenvalue weighted by molar-refractivity contribution is 5.78. The topological polar surface area (TPSA) is 60.9 Å². The van der Waals surface area contributed by atoms with E-state index in [1.807, 2.05) is 9.80 Å². The molecule has 0 spiro atoms. The Morgan fingerprint density at radius 1 is 1.19 bits per heavy atom. The molecule has 1 aliphatic rings. The highest BCUT2D eigenvalue weighted by Gasteiger charge is 2.27. The van der Waals surface area contributed by atoms with Gasteiger partial charge in [0.2, 0.25) is 5.91 Å². The molecule has 0 aromatic rings. The Morgan fingerprint density at radius 3 is 2.33 bits per heavy atom. The molecular weight excluding hydrogens is 268 g/mol. The largest absolute Gasteiger partial charge is 0.481 e. The number of unbranched alkanes of at least 4 members (excludes halogenated alkanes) is 2. The van der Waals surface area contributed by atoms with Crippen molar-refractivity contribution in [3.05, 3.63) is 0 Å². The second kappa shape index (κ2) is 9.77. The number of piperidine rings is 1. The fourth-order valence-corrected chi connectivity index (χ4v) is 2.75. The van der Waals surface area contributed by atoms with Gasteiger partial charge in [-0.05, 0) is 32.2 Å². The van der Waals surface area contributed by atoms with Gasteiger partial charge in [-0.25, -0.2) is 0 Å². The third-order valence-corrected chi connectivity index (χ3v) is 4.13. The molecule has 0 aromatic carbocycles. The summed E-state index contributed by atoms with van der Waals surface area (Å²) in [6.07, 6.45) is 5.84. The van der Waals surface area contributed by atoms with E-state index in [4.69, 9.17) is 5.11 Å². The first-order chi connectivity index (χ1) is 10.1. The van der Waals surface area contributed by atoms with E-state index in [1.54, 1.807) is 0 Å². The minimum atomic E-state index is -0.735. The van der Waals surface area contributed by atoms with Gasteiger partial charge in [0.05, 0.1) is 12.5 Å². The summed E-state index contributed by atoms with van der Waals surface area (Å²) in [5.41, 5.74) is 0. The summed E-state index contributed by atoms with van der Waals surface area (Å²) >= 11 is 0. The van der Waals surface area contributed by atoms with Crippen molar-refractivity contribution >= 4 is 11.9 Å². The summed E-state index contributed by atoms with van der Waals surface area (Å²) in [5.74, 6) is -0.893. The lowest BCUT2D eigenvalue weighted by molar-refractivity contribution is -0.145. The number of aliphatic carboxylic acids is 1. The second-order valence-electron chi connectivity index (χ2n) is 6.00. The van der Waals surface area contributed by atoms with Gasteiger partial charge in [0.1, 0.15) is 0 Å². The van der Waals surface area contributed by atoms with Crippen LogP contribution in [0.5, 0.6) is 0 Å². The molecule has 5 heteroatoms. The van der Waals surface area contributed by atoms with Crippen molar-refractivity contribution in [2.24, 2.45) is 5.92 Å². The third kappa shape index (κ3) is 6.46. The Morgan fingerprint density at radius 2 is 1.81 bits per heavy atom. The molecule has 0 bridgehead atoms. The van der Waals surface area contributed by atoms with E-state index in [9.17, 15) is 9.59 Å². The van der Waals surface area contributed by atoms with E-state index in [0.29, 0.717) is 13.1 Å². The summed E-state index contributed by atoms with van der Waals surface area (Å²) in [7, 11) is 0. The van der Waals surface area contributed by atoms with Crippen LogP contribution in [0.4, 0.5) is 0 Å². The summed E-state index contributed by atoms with van der Waals surface area (Å²) < 4.78 is 0. The van der Waals surface area contributed by atoms with Gasteiger partial charge in [0.25, 0.3) is 0 Å². The average molecular weight is 298 g/mol. The molecule has 0 aliphatic carbocycles. The zero-order valence-electron chi connectivity index (χ0n) is 13.5. The van der Waals surface area contributed by atoms with Crippen LogP contribution in [0.2, 0.25) is 0 Å². The van der Waals surface area contributed by atoms with Crippen molar-refractivity contribution in [2.45, 2.75) is 52.4 Å². The zero-order valence-corrected chi connectivity index (χ0v) is 13.5. The number of rotatable bonds is 9. The van der Waals surface area contributed by atoms with Crippen molar-refractivity contribution in [1.29, 1.82) is 0 Å². The number of carbonyl (C=O) groups excluding carboxylic acids is 1. The summed E-state index contributed by atoms with van der Waals surface area (Å²) in [6, 6.07) is 0. The van der Waals surface area contributed by atoms with Gasteiger partial charge < -0.3 is 10.0 Å². The number of carbonyl (C=O) groups is 2. The van der Waals surface area contributed by atoms with E-state index < -0.39 is 5.97 Å². The number of nitrogens with zero attached hydrogens (tertiary/aromatic N) is 2. The Hall–Kier alpha value is -1.10. The lowest BCUT2D eigenvalue weighted by Crippen LogP contribution is -2.46. The van der Waals surface area contributed by atoms with Gasteiger partial charge in [0.15, 0.2) is 0 Å². The maximum atomic E-state index is 12.4. The van der Waals surface area contributed by atoms with Gasteiger partial charge in [-0.3, -0.25) is 14.5 Å². The van der Waals surface area contributed by atoms with E-state index in [2.05, 4.69) is 13.8 Å². The number of hydrogen-bond acceptors (Lipinski definition) is 3. The van der Waals surface area contributed by atoms with Crippen LogP contribution in [0.3, 0.4) is 0 Å². The van der Waals surface area contributed by atoms with Gasteiger partial charge in [-0.2, -0.15) is 0 Å². The van der Waals surface area contributed by atoms with Crippen LogP contribution in [0, 0.1) is 5.92 Å². The van der Waals surface area contributed by atoms with Crippen LogP contribution in [-0.2, 0) is 9.59 Å². The molecule has 122 valence electrons. The van der Waals surface area contributed by atoms with Gasteiger partial charge >= 0.3 is 5.97 Å². The molecule has 1 unspecified atom stereocenters. The number of hydrogen-bond donors (Lipinski definition) is 1. The quantitative estimate of drug-likeness (QED) is 0.709. The number of carboxylic acids is 1. The molecule has 1 amide bonds. The molecule has 1 saturated heterocycles. The molecule has 0 radical (unpaired) electrons. The predicted molar refractivity (Wildman–Crippen MR) is 83.2 cm³/mol. The minimum Gasteiger partial charge on any atom is -0.481 e. The SMILES string of the molecule is CCCCN(CCCC)C(=O)CN1CCCC(C(=O)O)C1. The standard InChI is InChI=1S/C16H30N2O3/c1-3-5-10-18(11-6-4-2)15(19)13-17-9-7-8-14(12-17)16(20)21/h14H,3-13H2,1-2H3,(H,20,21). The maximum absolute atomic E-state index is 12.4. The summed E-state index contributed by atoms with van der Waals surface area (Å²) in [4.78, 5) is 27.5. The van der Waals surface area contributed by atoms with E-state index in [0.717, 1.165) is 58.2 Å². The number of likely N-dealkylation sites (tertiary alicyclic amines) is 1. The smallest absolute Gasteiger partial charge is 0.307 e. The number of carboxylic acid groups (broad SMARTS) is 1. The Kier molecular flexibility index (Phi) is 8.35. The molecule has 0 aromatic heterocycles. The van der Waals surface area contributed by atoms with Crippen molar-refractivity contribution in [2.75, 3.05) is 32.7 Å². The monoisotopic (exact) mass is 298 g/mol. The Balaban J connectivity index is 2.48. The molecule has 0 saturated carbocycles.